The molecule has 78 valence electrons. The molecule has 0 aromatic heterocycles. The highest BCUT2D eigenvalue weighted by molar-refractivity contribution is 8.00. The molecule has 2 aliphatic heterocycles. The number of hydrogen-bond donors (Lipinski definition) is 1. The molecular formula is C9H18ClNOS. The Balaban J connectivity index is 0.000000845. The van der Waals surface area contributed by atoms with Crippen LogP contribution in [0.3, 0.4) is 0 Å². The number of ether oxygens (including phenoxy) is 1. The molecule has 0 spiro atoms. The molecule has 0 aromatic carbocycles. The van der Waals surface area contributed by atoms with Crippen LogP contribution in [0.1, 0.15) is 26.2 Å². The topological polar surface area (TPSA) is 21.3 Å². The molecule has 2 fully saturated rings. The van der Waals surface area contributed by atoms with E-state index in [1.54, 1.807) is 0 Å². The minimum atomic E-state index is 0. The maximum atomic E-state index is 5.67. The normalized spacial score (nSPS) is 39.9. The molecular weight excluding hydrogens is 206 g/mol. The van der Waals surface area contributed by atoms with Crippen molar-refractivity contribution in [2.24, 2.45) is 0 Å². The van der Waals surface area contributed by atoms with Gasteiger partial charge in [0.25, 0.3) is 0 Å². The van der Waals surface area contributed by atoms with Crippen molar-refractivity contribution in [3.05, 3.63) is 0 Å². The zero-order chi connectivity index (χ0) is 8.39. The Morgan fingerprint density at radius 3 is 2.77 bits per heavy atom. The van der Waals surface area contributed by atoms with Crippen LogP contribution in [-0.4, -0.2) is 29.9 Å². The highest BCUT2D eigenvalue weighted by Gasteiger charge is 2.30. The van der Waals surface area contributed by atoms with Gasteiger partial charge in [-0.1, -0.05) is 6.42 Å². The summed E-state index contributed by atoms with van der Waals surface area (Å²) in [5.74, 6) is 1.32. The Kier molecular flexibility index (Phi) is 4.87. The number of hydrogen-bond acceptors (Lipinski definition) is 3. The third-order valence-corrected chi connectivity index (χ3v) is 3.96. The molecule has 3 atom stereocenters. The van der Waals surface area contributed by atoms with Crippen molar-refractivity contribution in [1.82, 2.24) is 5.32 Å². The van der Waals surface area contributed by atoms with Crippen LogP contribution in [0, 0.1) is 0 Å². The molecule has 13 heavy (non-hydrogen) atoms. The molecule has 1 N–H and O–H groups in total. The average molecular weight is 224 g/mol. The fourth-order valence-corrected chi connectivity index (χ4v) is 3.18. The minimum Gasteiger partial charge on any atom is -0.361 e. The van der Waals surface area contributed by atoms with Crippen LogP contribution in [0.5, 0.6) is 0 Å². The number of nitrogens with one attached hydrogen (secondary N) is 1. The molecule has 2 aliphatic rings. The quantitative estimate of drug-likeness (QED) is 0.735. The van der Waals surface area contributed by atoms with Crippen molar-refractivity contribution in [3.8, 4) is 0 Å². The Morgan fingerprint density at radius 1 is 1.38 bits per heavy atom. The number of rotatable bonds is 1. The van der Waals surface area contributed by atoms with E-state index in [0.29, 0.717) is 17.5 Å². The van der Waals surface area contributed by atoms with Crippen molar-refractivity contribution in [2.75, 3.05) is 12.4 Å². The van der Waals surface area contributed by atoms with Gasteiger partial charge in [0.2, 0.25) is 0 Å². The molecule has 0 amide bonds. The summed E-state index contributed by atoms with van der Waals surface area (Å²) in [6.07, 6.45) is 4.44. The van der Waals surface area contributed by atoms with Gasteiger partial charge in [-0.15, -0.1) is 12.4 Å². The molecule has 0 aliphatic carbocycles. The lowest BCUT2D eigenvalue weighted by atomic mass is 10.1. The lowest BCUT2D eigenvalue weighted by molar-refractivity contribution is 0.0952. The number of halogens is 1. The first kappa shape index (κ1) is 11.6. The molecule has 2 nitrogen and oxygen atoms in total. The standard InChI is InChI=1S/C9H17NOS.ClH/c1-7-6-11-9(10-7)8-4-2-3-5-12-8;/h7-10H,2-6H2,1H3;1H. The van der Waals surface area contributed by atoms with Crippen LogP contribution >= 0.6 is 24.2 Å². The van der Waals surface area contributed by atoms with Crippen LogP contribution in [-0.2, 0) is 4.74 Å². The van der Waals surface area contributed by atoms with E-state index in [1.165, 1.54) is 25.0 Å². The van der Waals surface area contributed by atoms with E-state index in [2.05, 4.69) is 24.0 Å². The van der Waals surface area contributed by atoms with Gasteiger partial charge < -0.3 is 4.74 Å². The van der Waals surface area contributed by atoms with Crippen LogP contribution < -0.4 is 5.32 Å². The second-order valence-corrected chi connectivity index (χ2v) is 5.07. The second kappa shape index (κ2) is 5.44. The van der Waals surface area contributed by atoms with Gasteiger partial charge in [-0.2, -0.15) is 11.8 Å². The van der Waals surface area contributed by atoms with E-state index in [1.807, 2.05) is 0 Å². The van der Waals surface area contributed by atoms with Crippen LogP contribution in [0.25, 0.3) is 0 Å². The van der Waals surface area contributed by atoms with Gasteiger partial charge in [0.05, 0.1) is 6.61 Å². The maximum absolute atomic E-state index is 5.67. The molecule has 0 radical (unpaired) electrons. The van der Waals surface area contributed by atoms with Gasteiger partial charge in [0.1, 0.15) is 6.23 Å². The molecule has 2 saturated heterocycles. The first-order chi connectivity index (χ1) is 5.86. The fourth-order valence-electron chi connectivity index (χ4n) is 1.84. The third kappa shape index (κ3) is 3.01. The summed E-state index contributed by atoms with van der Waals surface area (Å²) in [6, 6.07) is 0.553. The van der Waals surface area contributed by atoms with E-state index < -0.39 is 0 Å². The Morgan fingerprint density at radius 2 is 2.23 bits per heavy atom. The SMILES string of the molecule is CC1COC(C2CCCCS2)N1.Cl. The van der Waals surface area contributed by atoms with E-state index in [-0.39, 0.29) is 12.4 Å². The van der Waals surface area contributed by atoms with Crippen molar-refractivity contribution in [1.29, 1.82) is 0 Å². The van der Waals surface area contributed by atoms with E-state index in [0.717, 1.165) is 6.61 Å². The summed E-state index contributed by atoms with van der Waals surface area (Å²) in [4.78, 5) is 0. The average Bonchev–Trinajstić information content (AvgIpc) is 2.54. The monoisotopic (exact) mass is 223 g/mol. The van der Waals surface area contributed by atoms with Crippen LogP contribution in [0.2, 0.25) is 0 Å². The highest BCUT2D eigenvalue weighted by Crippen LogP contribution is 2.29. The van der Waals surface area contributed by atoms with Crippen molar-refractivity contribution in [2.45, 2.75) is 43.7 Å². The van der Waals surface area contributed by atoms with Gasteiger partial charge in [-0.05, 0) is 25.5 Å². The van der Waals surface area contributed by atoms with E-state index in [9.17, 15) is 0 Å². The predicted molar refractivity (Wildman–Crippen MR) is 59.7 cm³/mol. The predicted octanol–water partition coefficient (Wildman–Crippen LogP) is 2.03. The van der Waals surface area contributed by atoms with Crippen LogP contribution in [0.15, 0.2) is 0 Å². The summed E-state index contributed by atoms with van der Waals surface area (Å²) in [5.41, 5.74) is 0. The largest absolute Gasteiger partial charge is 0.361 e. The summed E-state index contributed by atoms with van der Waals surface area (Å²) < 4.78 is 5.67. The molecule has 3 unspecified atom stereocenters. The first-order valence-corrected chi connectivity index (χ1v) is 5.90. The fraction of sp³-hybridized carbons (Fsp3) is 1.00. The summed E-state index contributed by atoms with van der Waals surface area (Å²) in [5, 5.41) is 4.19. The van der Waals surface area contributed by atoms with Gasteiger partial charge in [-0.3, -0.25) is 5.32 Å². The van der Waals surface area contributed by atoms with Gasteiger partial charge in [0, 0.05) is 11.3 Å². The molecule has 0 aromatic rings. The summed E-state index contributed by atoms with van der Waals surface area (Å²) in [7, 11) is 0. The first-order valence-electron chi connectivity index (χ1n) is 4.85. The summed E-state index contributed by atoms with van der Waals surface area (Å²) >= 11 is 2.07. The van der Waals surface area contributed by atoms with Crippen molar-refractivity contribution >= 4 is 24.2 Å². The third-order valence-electron chi connectivity index (χ3n) is 2.53. The molecule has 2 heterocycles. The Hall–Kier alpha value is 0.560. The van der Waals surface area contributed by atoms with Gasteiger partial charge >= 0.3 is 0 Å². The Labute approximate surface area is 90.6 Å². The maximum Gasteiger partial charge on any atom is 0.120 e. The molecule has 4 heteroatoms. The number of thioether (sulfide) groups is 1. The molecule has 2 rings (SSSR count). The van der Waals surface area contributed by atoms with Crippen molar-refractivity contribution in [3.63, 3.8) is 0 Å². The van der Waals surface area contributed by atoms with E-state index in [4.69, 9.17) is 4.74 Å². The van der Waals surface area contributed by atoms with Gasteiger partial charge in [-0.25, -0.2) is 0 Å². The smallest absolute Gasteiger partial charge is 0.120 e. The lowest BCUT2D eigenvalue weighted by Crippen LogP contribution is -2.37. The second-order valence-electron chi connectivity index (χ2n) is 3.73. The van der Waals surface area contributed by atoms with E-state index >= 15 is 0 Å². The molecule has 0 saturated carbocycles. The minimum absolute atomic E-state index is 0. The van der Waals surface area contributed by atoms with Crippen LogP contribution in [0.4, 0.5) is 0 Å². The summed E-state index contributed by atoms with van der Waals surface area (Å²) in [6.45, 7) is 3.08. The molecule has 0 bridgehead atoms. The highest BCUT2D eigenvalue weighted by atomic mass is 35.5. The van der Waals surface area contributed by atoms with Crippen molar-refractivity contribution < 1.29 is 4.74 Å². The lowest BCUT2D eigenvalue weighted by Gasteiger charge is -2.26. The Bertz CT molecular complexity index is 150. The van der Waals surface area contributed by atoms with Gasteiger partial charge in [0.15, 0.2) is 0 Å². The zero-order valence-electron chi connectivity index (χ0n) is 7.99. The zero-order valence-corrected chi connectivity index (χ0v) is 9.63.